The van der Waals surface area contributed by atoms with Crippen molar-refractivity contribution in [2.75, 3.05) is 20.1 Å². The second-order valence-corrected chi connectivity index (χ2v) is 8.34. The van der Waals surface area contributed by atoms with E-state index in [0.29, 0.717) is 31.1 Å². The Bertz CT molecular complexity index is 842. The van der Waals surface area contributed by atoms with Gasteiger partial charge < -0.3 is 14.8 Å². The summed E-state index contributed by atoms with van der Waals surface area (Å²) in [6.07, 6.45) is 3.99. The minimum Gasteiger partial charge on any atom is -0.352 e. The minimum absolute atomic E-state index is 0.178. The average molecular weight is 388 g/mol. The van der Waals surface area contributed by atoms with Crippen LogP contribution in [0.25, 0.3) is 0 Å². The summed E-state index contributed by atoms with van der Waals surface area (Å²) < 4.78 is 2.10. The van der Waals surface area contributed by atoms with E-state index in [4.69, 9.17) is 0 Å². The molecular formula is C21H29N3O2S. The minimum atomic E-state index is -0.238. The molecule has 2 aromatic rings. The monoisotopic (exact) mass is 387 g/mol. The Labute approximate surface area is 165 Å². The van der Waals surface area contributed by atoms with Crippen molar-refractivity contribution in [3.63, 3.8) is 0 Å². The summed E-state index contributed by atoms with van der Waals surface area (Å²) in [7, 11) is 2.14. The van der Waals surface area contributed by atoms with E-state index in [2.05, 4.69) is 27.9 Å². The smallest absolute Gasteiger partial charge is 0.257 e. The van der Waals surface area contributed by atoms with Gasteiger partial charge in [0, 0.05) is 34.9 Å². The number of likely N-dealkylation sites (tertiary alicyclic amines) is 1. The van der Waals surface area contributed by atoms with Crippen LogP contribution < -0.4 is 10.7 Å². The molecule has 1 aliphatic rings. The highest BCUT2D eigenvalue weighted by Crippen LogP contribution is 2.18. The van der Waals surface area contributed by atoms with Crippen molar-refractivity contribution >= 4 is 17.2 Å². The van der Waals surface area contributed by atoms with Gasteiger partial charge >= 0.3 is 0 Å². The highest BCUT2D eigenvalue weighted by Gasteiger charge is 2.22. The topological polar surface area (TPSA) is 54.3 Å². The second kappa shape index (κ2) is 8.85. The van der Waals surface area contributed by atoms with Gasteiger partial charge in [0.1, 0.15) is 5.56 Å². The standard InChI is InChI=1S/C21H29N3O2S/c1-4-18-20(21(26)22-10-9-16-7-5-11-23(16)3)19(25)13-15(2)24(18)14-17-8-6-12-27-17/h6,8,12-13,16H,4-5,7,9-11,14H2,1-3H3,(H,22,26)/t16-/m1/s1. The predicted molar refractivity (Wildman–Crippen MR) is 111 cm³/mol. The van der Waals surface area contributed by atoms with Crippen molar-refractivity contribution in [1.29, 1.82) is 0 Å². The van der Waals surface area contributed by atoms with Crippen LogP contribution >= 0.6 is 11.3 Å². The largest absolute Gasteiger partial charge is 0.352 e. The Morgan fingerprint density at radius 3 is 2.85 bits per heavy atom. The molecule has 0 aromatic carbocycles. The Hall–Kier alpha value is -1.92. The number of nitrogens with zero attached hydrogens (tertiary/aromatic N) is 2. The van der Waals surface area contributed by atoms with Crippen molar-refractivity contribution < 1.29 is 4.79 Å². The third kappa shape index (κ3) is 4.50. The first-order valence-corrected chi connectivity index (χ1v) is 10.6. The maximum atomic E-state index is 12.8. The normalized spacial score (nSPS) is 17.4. The van der Waals surface area contributed by atoms with Crippen molar-refractivity contribution in [2.24, 2.45) is 0 Å². The number of rotatable bonds is 7. The van der Waals surface area contributed by atoms with Gasteiger partial charge in [-0.25, -0.2) is 0 Å². The van der Waals surface area contributed by atoms with E-state index in [1.807, 2.05) is 25.3 Å². The van der Waals surface area contributed by atoms with Gasteiger partial charge in [0.2, 0.25) is 0 Å². The summed E-state index contributed by atoms with van der Waals surface area (Å²) in [5.74, 6) is -0.238. The lowest BCUT2D eigenvalue weighted by atomic mass is 10.1. The molecule has 0 spiro atoms. The molecule has 27 heavy (non-hydrogen) atoms. The van der Waals surface area contributed by atoms with Crippen molar-refractivity contribution in [2.45, 2.75) is 52.1 Å². The first kappa shape index (κ1) is 19.8. The van der Waals surface area contributed by atoms with Crippen molar-refractivity contribution in [1.82, 2.24) is 14.8 Å². The Morgan fingerprint density at radius 2 is 2.22 bits per heavy atom. The lowest BCUT2D eigenvalue weighted by Crippen LogP contribution is -2.35. The van der Waals surface area contributed by atoms with Crippen LogP contribution in [0.2, 0.25) is 0 Å². The molecule has 0 unspecified atom stereocenters. The molecule has 3 rings (SSSR count). The van der Waals surface area contributed by atoms with E-state index >= 15 is 0 Å². The Morgan fingerprint density at radius 1 is 1.41 bits per heavy atom. The highest BCUT2D eigenvalue weighted by molar-refractivity contribution is 7.09. The number of amides is 1. The van der Waals surface area contributed by atoms with Crippen molar-refractivity contribution in [3.8, 4) is 0 Å². The SMILES string of the molecule is CCc1c(C(=O)NCC[C@H]2CCCN2C)c(=O)cc(C)n1Cc1cccs1. The molecule has 2 aromatic heterocycles. The Balaban J connectivity index is 1.78. The van der Waals surface area contributed by atoms with Crippen LogP contribution in [0.3, 0.4) is 0 Å². The quantitative estimate of drug-likeness (QED) is 0.794. The van der Waals surface area contributed by atoms with Crippen LogP contribution in [0.15, 0.2) is 28.4 Å². The lowest BCUT2D eigenvalue weighted by Gasteiger charge is -2.20. The molecule has 5 nitrogen and oxygen atoms in total. The molecule has 1 saturated heterocycles. The molecule has 1 amide bonds. The van der Waals surface area contributed by atoms with Crippen LogP contribution in [0, 0.1) is 6.92 Å². The molecule has 146 valence electrons. The number of pyridine rings is 1. The van der Waals surface area contributed by atoms with Gasteiger partial charge in [-0.05, 0) is 57.6 Å². The van der Waals surface area contributed by atoms with Gasteiger partial charge in [0.05, 0.1) is 6.54 Å². The van der Waals surface area contributed by atoms with Gasteiger partial charge in [0.25, 0.3) is 5.91 Å². The average Bonchev–Trinajstić information content (AvgIpc) is 3.28. The zero-order valence-electron chi connectivity index (χ0n) is 16.5. The van der Waals surface area contributed by atoms with E-state index in [-0.39, 0.29) is 11.3 Å². The summed E-state index contributed by atoms with van der Waals surface area (Å²) in [6.45, 7) is 6.37. The maximum absolute atomic E-state index is 12.8. The molecule has 0 aliphatic carbocycles. The number of aryl methyl sites for hydroxylation is 1. The molecule has 0 saturated carbocycles. The zero-order chi connectivity index (χ0) is 19.4. The van der Waals surface area contributed by atoms with E-state index in [9.17, 15) is 9.59 Å². The molecule has 0 radical (unpaired) electrons. The number of hydrogen-bond donors (Lipinski definition) is 1. The van der Waals surface area contributed by atoms with Crippen LogP contribution in [0.4, 0.5) is 0 Å². The van der Waals surface area contributed by atoms with Crippen LogP contribution in [-0.2, 0) is 13.0 Å². The molecule has 1 fully saturated rings. The summed E-state index contributed by atoms with van der Waals surface area (Å²) in [4.78, 5) is 29.0. The fourth-order valence-corrected chi connectivity index (χ4v) is 4.70. The van der Waals surface area contributed by atoms with Crippen LogP contribution in [0.5, 0.6) is 0 Å². The lowest BCUT2D eigenvalue weighted by molar-refractivity contribution is 0.0947. The number of hydrogen-bond acceptors (Lipinski definition) is 4. The summed E-state index contributed by atoms with van der Waals surface area (Å²) in [5.41, 5.74) is 1.85. The third-order valence-corrected chi connectivity index (χ3v) is 6.38. The van der Waals surface area contributed by atoms with Gasteiger partial charge in [0.15, 0.2) is 5.43 Å². The van der Waals surface area contributed by atoms with E-state index in [0.717, 1.165) is 24.4 Å². The maximum Gasteiger partial charge on any atom is 0.257 e. The summed E-state index contributed by atoms with van der Waals surface area (Å²) >= 11 is 1.69. The first-order chi connectivity index (χ1) is 13.0. The number of thiophene rings is 1. The molecule has 3 heterocycles. The van der Waals surface area contributed by atoms with Gasteiger partial charge in [-0.15, -0.1) is 11.3 Å². The van der Waals surface area contributed by atoms with Crippen LogP contribution in [-0.4, -0.2) is 41.6 Å². The van der Waals surface area contributed by atoms with Gasteiger partial charge in [-0.2, -0.15) is 0 Å². The number of nitrogens with one attached hydrogen (secondary N) is 1. The van der Waals surface area contributed by atoms with Crippen LogP contribution in [0.1, 0.15) is 52.8 Å². The third-order valence-electron chi connectivity index (χ3n) is 5.52. The van der Waals surface area contributed by atoms with Gasteiger partial charge in [-0.1, -0.05) is 13.0 Å². The molecule has 1 atom stereocenters. The van der Waals surface area contributed by atoms with E-state index in [1.54, 1.807) is 17.4 Å². The highest BCUT2D eigenvalue weighted by atomic mass is 32.1. The van der Waals surface area contributed by atoms with Gasteiger partial charge in [-0.3, -0.25) is 9.59 Å². The fourth-order valence-electron chi connectivity index (χ4n) is 4.00. The predicted octanol–water partition coefficient (Wildman–Crippen LogP) is 3.04. The van der Waals surface area contributed by atoms with E-state index < -0.39 is 0 Å². The molecule has 1 N–H and O–H groups in total. The number of carbonyl (C=O) groups excluding carboxylic acids is 1. The molecule has 1 aliphatic heterocycles. The fraction of sp³-hybridized carbons (Fsp3) is 0.524. The summed E-state index contributed by atoms with van der Waals surface area (Å²) in [6, 6.07) is 6.23. The first-order valence-electron chi connectivity index (χ1n) is 9.75. The number of carbonyl (C=O) groups is 1. The van der Waals surface area contributed by atoms with Crippen molar-refractivity contribution in [3.05, 3.63) is 55.6 Å². The molecular weight excluding hydrogens is 358 g/mol. The zero-order valence-corrected chi connectivity index (χ0v) is 17.3. The Kier molecular flexibility index (Phi) is 6.50. The van der Waals surface area contributed by atoms with E-state index in [1.165, 1.54) is 17.7 Å². The molecule has 6 heteroatoms. The molecule has 0 bridgehead atoms. The number of aromatic nitrogens is 1. The summed E-state index contributed by atoms with van der Waals surface area (Å²) in [5, 5.41) is 5.04. The second-order valence-electron chi connectivity index (χ2n) is 7.31.